The van der Waals surface area contributed by atoms with Crippen molar-refractivity contribution in [2.45, 2.75) is 37.1 Å². The molecule has 9 nitrogen and oxygen atoms in total. The summed E-state index contributed by atoms with van der Waals surface area (Å²) in [6.45, 7) is 1.85. The van der Waals surface area contributed by atoms with Crippen molar-refractivity contribution >= 4 is 50.9 Å². The van der Waals surface area contributed by atoms with Crippen molar-refractivity contribution in [2.24, 2.45) is 0 Å². The van der Waals surface area contributed by atoms with Crippen LogP contribution in [0.3, 0.4) is 0 Å². The van der Waals surface area contributed by atoms with Gasteiger partial charge in [-0.3, -0.25) is 34.1 Å². The fourth-order valence-corrected chi connectivity index (χ4v) is 5.52. The molecule has 11 heteroatoms. The zero-order valence-corrected chi connectivity index (χ0v) is 18.4. The molecular formula is C21H18ClN3O6S. The second kappa shape index (κ2) is 8.03. The van der Waals surface area contributed by atoms with E-state index in [9.17, 15) is 27.6 Å². The van der Waals surface area contributed by atoms with E-state index in [1.807, 2.05) is 6.92 Å². The van der Waals surface area contributed by atoms with Crippen LogP contribution in [0, 0.1) is 0 Å². The third kappa shape index (κ3) is 3.65. The van der Waals surface area contributed by atoms with Crippen molar-refractivity contribution in [1.29, 1.82) is 0 Å². The lowest BCUT2D eigenvalue weighted by Crippen LogP contribution is -2.54. The molecule has 2 aromatic rings. The highest BCUT2D eigenvalue weighted by Gasteiger charge is 2.44. The van der Waals surface area contributed by atoms with Gasteiger partial charge in [-0.1, -0.05) is 30.7 Å². The Morgan fingerprint density at radius 3 is 2.50 bits per heavy atom. The van der Waals surface area contributed by atoms with E-state index in [1.165, 1.54) is 24.3 Å². The monoisotopic (exact) mass is 475 g/mol. The molecule has 0 saturated carbocycles. The minimum absolute atomic E-state index is 0.00639. The van der Waals surface area contributed by atoms with Gasteiger partial charge in [-0.05, 0) is 42.7 Å². The van der Waals surface area contributed by atoms with E-state index in [2.05, 4.69) is 10.0 Å². The number of anilines is 1. The highest BCUT2D eigenvalue weighted by molar-refractivity contribution is 7.92. The third-order valence-electron chi connectivity index (χ3n) is 5.41. The Kier molecular flexibility index (Phi) is 5.51. The average Bonchev–Trinajstić information content (AvgIpc) is 2.98. The highest BCUT2D eigenvalue weighted by Crippen LogP contribution is 2.31. The molecule has 2 N–H and O–H groups in total. The van der Waals surface area contributed by atoms with Crippen LogP contribution in [0.5, 0.6) is 0 Å². The van der Waals surface area contributed by atoms with Crippen LogP contribution in [-0.4, -0.2) is 43.0 Å². The van der Waals surface area contributed by atoms with E-state index in [1.54, 1.807) is 12.1 Å². The second-order valence-electron chi connectivity index (χ2n) is 7.40. The number of carbonyl (C=O) groups excluding carboxylic acids is 4. The normalized spacial score (nSPS) is 18.6. The van der Waals surface area contributed by atoms with Crippen molar-refractivity contribution in [3.8, 4) is 0 Å². The van der Waals surface area contributed by atoms with E-state index < -0.39 is 39.7 Å². The number of nitrogens with one attached hydrogen (secondary N) is 2. The maximum absolute atomic E-state index is 12.9. The lowest BCUT2D eigenvalue weighted by molar-refractivity contribution is -0.136. The molecule has 0 bridgehead atoms. The van der Waals surface area contributed by atoms with Crippen molar-refractivity contribution < 1.29 is 27.6 Å². The fraction of sp³-hybridized carbons (Fsp3) is 0.238. The summed E-state index contributed by atoms with van der Waals surface area (Å²) in [6, 6.07) is 7.51. The number of fused-ring (bicyclic) bond motifs is 1. The van der Waals surface area contributed by atoms with Gasteiger partial charge in [-0.15, -0.1) is 0 Å². The van der Waals surface area contributed by atoms with E-state index in [0.717, 1.165) is 4.90 Å². The van der Waals surface area contributed by atoms with Crippen LogP contribution in [0.25, 0.3) is 0 Å². The minimum Gasteiger partial charge on any atom is -0.295 e. The molecule has 2 aliphatic rings. The van der Waals surface area contributed by atoms with E-state index >= 15 is 0 Å². The molecule has 1 fully saturated rings. The number of piperidine rings is 1. The number of benzene rings is 2. The summed E-state index contributed by atoms with van der Waals surface area (Å²) in [5.41, 5.74) is 0.749. The number of hydrogen-bond donors (Lipinski definition) is 2. The topological polar surface area (TPSA) is 130 Å². The van der Waals surface area contributed by atoms with Crippen LogP contribution in [0.1, 0.15) is 46.0 Å². The van der Waals surface area contributed by atoms with Gasteiger partial charge in [-0.25, -0.2) is 8.42 Å². The first-order valence-corrected chi connectivity index (χ1v) is 11.7. The van der Waals surface area contributed by atoms with Crippen LogP contribution < -0.4 is 10.0 Å². The van der Waals surface area contributed by atoms with Crippen molar-refractivity contribution in [3.05, 3.63) is 58.1 Å². The summed E-state index contributed by atoms with van der Waals surface area (Å²) < 4.78 is 28.1. The summed E-state index contributed by atoms with van der Waals surface area (Å²) in [6.07, 6.45) is 0.585. The van der Waals surface area contributed by atoms with Gasteiger partial charge in [0.15, 0.2) is 0 Å². The number of nitrogens with zero attached hydrogens (tertiary/aromatic N) is 1. The summed E-state index contributed by atoms with van der Waals surface area (Å²) >= 11 is 6.24. The number of imide groups is 2. The largest absolute Gasteiger partial charge is 0.295 e. The smallest absolute Gasteiger partial charge is 0.263 e. The molecule has 4 rings (SSSR count). The Balaban J connectivity index is 1.63. The van der Waals surface area contributed by atoms with Crippen LogP contribution in [0.15, 0.2) is 41.3 Å². The zero-order chi connectivity index (χ0) is 23.2. The van der Waals surface area contributed by atoms with Gasteiger partial charge in [0.2, 0.25) is 11.8 Å². The molecule has 0 radical (unpaired) electrons. The number of rotatable bonds is 5. The van der Waals surface area contributed by atoms with Crippen LogP contribution in [0.4, 0.5) is 5.69 Å². The van der Waals surface area contributed by atoms with Crippen LogP contribution in [0.2, 0.25) is 5.02 Å². The summed E-state index contributed by atoms with van der Waals surface area (Å²) in [5, 5.41) is 2.23. The van der Waals surface area contributed by atoms with Gasteiger partial charge < -0.3 is 0 Å². The molecule has 2 aromatic carbocycles. The Morgan fingerprint density at radius 2 is 1.81 bits per heavy atom. The molecule has 1 atom stereocenters. The maximum atomic E-state index is 12.9. The SMILES string of the molecule is CCc1cccc(S(=O)(=O)Nc2ccc3c(c2)C(=O)N(C2CCC(=O)NC2=O)C3=O)c1Cl. The number of hydrogen-bond acceptors (Lipinski definition) is 6. The quantitative estimate of drug-likeness (QED) is 0.637. The molecule has 0 spiro atoms. The van der Waals surface area contributed by atoms with Gasteiger partial charge in [0.1, 0.15) is 10.9 Å². The van der Waals surface area contributed by atoms with Crippen molar-refractivity contribution in [3.63, 3.8) is 0 Å². The van der Waals surface area contributed by atoms with Gasteiger partial charge >= 0.3 is 0 Å². The van der Waals surface area contributed by atoms with E-state index in [4.69, 9.17) is 11.6 Å². The average molecular weight is 476 g/mol. The Morgan fingerprint density at radius 1 is 1.09 bits per heavy atom. The number of sulfonamides is 1. The number of carbonyl (C=O) groups is 4. The highest BCUT2D eigenvalue weighted by atomic mass is 35.5. The molecule has 4 amide bonds. The molecule has 1 unspecified atom stereocenters. The molecule has 0 aromatic heterocycles. The van der Waals surface area contributed by atoms with E-state index in [0.29, 0.717) is 12.0 Å². The van der Waals surface area contributed by atoms with Gasteiger partial charge in [0, 0.05) is 12.1 Å². The predicted octanol–water partition coefficient (Wildman–Crippen LogP) is 2.10. The standard InChI is InChI=1S/C21H18ClN3O6S/c1-2-11-4-3-5-16(18(11)22)32(30,31)24-12-6-7-13-14(10-12)21(29)25(20(13)28)15-8-9-17(26)23-19(15)27/h3-7,10,15,24H,2,8-9H2,1H3,(H,23,26,27). The van der Waals surface area contributed by atoms with Crippen LogP contribution >= 0.6 is 11.6 Å². The lowest BCUT2D eigenvalue weighted by atomic mass is 10.0. The number of aryl methyl sites for hydroxylation is 1. The number of amides is 4. The lowest BCUT2D eigenvalue weighted by Gasteiger charge is -2.27. The molecule has 0 aliphatic carbocycles. The summed E-state index contributed by atoms with van der Waals surface area (Å²) in [4.78, 5) is 49.9. The predicted molar refractivity (Wildman–Crippen MR) is 115 cm³/mol. The molecule has 1 saturated heterocycles. The molecule has 166 valence electrons. The summed E-state index contributed by atoms with van der Waals surface area (Å²) in [7, 11) is -4.07. The van der Waals surface area contributed by atoms with Crippen LogP contribution in [-0.2, 0) is 26.0 Å². The fourth-order valence-electron chi connectivity index (χ4n) is 3.78. The van der Waals surface area contributed by atoms with E-state index in [-0.39, 0.29) is 39.6 Å². The first kappa shape index (κ1) is 22.0. The molecule has 32 heavy (non-hydrogen) atoms. The maximum Gasteiger partial charge on any atom is 0.263 e. The van der Waals surface area contributed by atoms with Crippen molar-refractivity contribution in [1.82, 2.24) is 10.2 Å². The first-order chi connectivity index (χ1) is 15.1. The summed E-state index contributed by atoms with van der Waals surface area (Å²) in [5.74, 6) is -2.59. The van der Waals surface area contributed by atoms with Gasteiger partial charge in [-0.2, -0.15) is 0 Å². The Hall–Kier alpha value is -3.24. The second-order valence-corrected chi connectivity index (χ2v) is 9.42. The number of halogens is 1. The zero-order valence-electron chi connectivity index (χ0n) is 16.8. The van der Waals surface area contributed by atoms with Crippen molar-refractivity contribution in [2.75, 3.05) is 4.72 Å². The van der Waals surface area contributed by atoms with Gasteiger partial charge in [0.05, 0.1) is 16.1 Å². The molecule has 2 aliphatic heterocycles. The minimum atomic E-state index is -4.07. The first-order valence-electron chi connectivity index (χ1n) is 9.80. The Labute approximate surface area is 188 Å². The van der Waals surface area contributed by atoms with Gasteiger partial charge in [0.25, 0.3) is 21.8 Å². The molecule has 2 heterocycles. The third-order valence-corrected chi connectivity index (χ3v) is 7.39. The Bertz CT molecular complexity index is 1290. The molecular weight excluding hydrogens is 458 g/mol.